The standard InChI is InChI=1S/C10H19ClS/c11-7-3-4-8-12-9-10-5-1-2-6-10/h10H,1-9H2. The second-order valence-corrected chi connectivity index (χ2v) is 5.15. The Morgan fingerprint density at radius 2 is 1.92 bits per heavy atom. The van der Waals surface area contributed by atoms with Gasteiger partial charge in [-0.05, 0) is 43.1 Å². The Morgan fingerprint density at radius 1 is 1.17 bits per heavy atom. The van der Waals surface area contributed by atoms with Crippen LogP contribution in [0.25, 0.3) is 0 Å². The van der Waals surface area contributed by atoms with E-state index in [1.54, 1.807) is 0 Å². The monoisotopic (exact) mass is 206 g/mol. The number of thioether (sulfide) groups is 1. The van der Waals surface area contributed by atoms with Gasteiger partial charge in [0.2, 0.25) is 0 Å². The number of unbranched alkanes of at least 4 members (excludes halogenated alkanes) is 1. The van der Waals surface area contributed by atoms with Crippen molar-refractivity contribution < 1.29 is 0 Å². The molecule has 0 N–H and O–H groups in total. The lowest BCUT2D eigenvalue weighted by Gasteiger charge is -2.07. The zero-order valence-electron chi connectivity index (χ0n) is 7.73. The third-order valence-corrected chi connectivity index (χ3v) is 4.05. The average Bonchev–Trinajstić information content (AvgIpc) is 2.57. The molecular formula is C10H19ClS. The van der Waals surface area contributed by atoms with E-state index in [0.29, 0.717) is 0 Å². The second-order valence-electron chi connectivity index (χ2n) is 3.62. The summed E-state index contributed by atoms with van der Waals surface area (Å²) >= 11 is 7.73. The van der Waals surface area contributed by atoms with Crippen LogP contribution in [0, 0.1) is 5.92 Å². The summed E-state index contributed by atoms with van der Waals surface area (Å²) in [6.07, 6.45) is 8.44. The molecule has 72 valence electrons. The van der Waals surface area contributed by atoms with Gasteiger partial charge in [-0.3, -0.25) is 0 Å². The Bertz CT molecular complexity index is 100. The fraction of sp³-hybridized carbons (Fsp3) is 1.00. The fourth-order valence-corrected chi connectivity index (χ4v) is 3.16. The summed E-state index contributed by atoms with van der Waals surface area (Å²) in [5.74, 6) is 4.61. The van der Waals surface area contributed by atoms with Gasteiger partial charge in [-0.2, -0.15) is 11.8 Å². The molecule has 0 aromatic rings. The van der Waals surface area contributed by atoms with Gasteiger partial charge in [0, 0.05) is 5.88 Å². The van der Waals surface area contributed by atoms with Crippen molar-refractivity contribution in [2.45, 2.75) is 38.5 Å². The number of rotatable bonds is 6. The Kier molecular flexibility index (Phi) is 6.33. The van der Waals surface area contributed by atoms with Crippen LogP contribution in [0.1, 0.15) is 38.5 Å². The molecule has 12 heavy (non-hydrogen) atoms. The first-order valence-corrected chi connectivity index (χ1v) is 6.76. The summed E-state index contributed by atoms with van der Waals surface area (Å²) in [7, 11) is 0. The van der Waals surface area contributed by atoms with E-state index in [-0.39, 0.29) is 0 Å². The molecule has 0 spiro atoms. The van der Waals surface area contributed by atoms with Crippen LogP contribution in [0.2, 0.25) is 0 Å². The molecule has 1 fully saturated rings. The molecular weight excluding hydrogens is 188 g/mol. The molecule has 1 saturated carbocycles. The van der Waals surface area contributed by atoms with Crippen molar-refractivity contribution in [2.75, 3.05) is 17.4 Å². The van der Waals surface area contributed by atoms with Crippen molar-refractivity contribution in [2.24, 2.45) is 5.92 Å². The minimum Gasteiger partial charge on any atom is -0.162 e. The van der Waals surface area contributed by atoms with E-state index in [1.807, 2.05) is 0 Å². The van der Waals surface area contributed by atoms with Crippen molar-refractivity contribution in [1.29, 1.82) is 0 Å². The zero-order valence-corrected chi connectivity index (χ0v) is 9.30. The molecule has 0 aromatic heterocycles. The summed E-state index contributed by atoms with van der Waals surface area (Å²) in [6, 6.07) is 0. The van der Waals surface area contributed by atoms with E-state index in [0.717, 1.165) is 11.8 Å². The summed E-state index contributed by atoms with van der Waals surface area (Å²) in [5.41, 5.74) is 0. The molecule has 0 unspecified atom stereocenters. The van der Waals surface area contributed by atoms with E-state index in [2.05, 4.69) is 11.8 Å². The van der Waals surface area contributed by atoms with Crippen LogP contribution in [0.4, 0.5) is 0 Å². The van der Waals surface area contributed by atoms with Crippen LogP contribution in [0.3, 0.4) is 0 Å². The largest absolute Gasteiger partial charge is 0.162 e. The fourth-order valence-electron chi connectivity index (χ4n) is 1.73. The third kappa shape index (κ3) is 4.61. The average molecular weight is 207 g/mol. The van der Waals surface area contributed by atoms with Crippen molar-refractivity contribution in [3.05, 3.63) is 0 Å². The lowest BCUT2D eigenvalue weighted by molar-refractivity contribution is 0.623. The van der Waals surface area contributed by atoms with E-state index in [1.165, 1.54) is 50.0 Å². The minimum absolute atomic E-state index is 0.837. The van der Waals surface area contributed by atoms with Crippen LogP contribution in [0.15, 0.2) is 0 Å². The van der Waals surface area contributed by atoms with Gasteiger partial charge in [-0.1, -0.05) is 12.8 Å². The van der Waals surface area contributed by atoms with Crippen LogP contribution in [-0.4, -0.2) is 17.4 Å². The Hall–Kier alpha value is 0.640. The van der Waals surface area contributed by atoms with Gasteiger partial charge in [-0.25, -0.2) is 0 Å². The maximum atomic E-state index is 5.60. The van der Waals surface area contributed by atoms with Crippen molar-refractivity contribution >= 4 is 23.4 Å². The predicted octanol–water partition coefficient (Wildman–Crippen LogP) is 3.93. The first kappa shape index (κ1) is 10.7. The third-order valence-electron chi connectivity index (χ3n) is 2.50. The van der Waals surface area contributed by atoms with Gasteiger partial charge < -0.3 is 0 Å². The lowest BCUT2D eigenvalue weighted by Crippen LogP contribution is -1.97. The molecule has 0 atom stereocenters. The Balaban J connectivity index is 1.81. The van der Waals surface area contributed by atoms with Crippen LogP contribution in [0.5, 0.6) is 0 Å². The molecule has 1 aliphatic rings. The van der Waals surface area contributed by atoms with Gasteiger partial charge >= 0.3 is 0 Å². The van der Waals surface area contributed by atoms with Gasteiger partial charge in [0.05, 0.1) is 0 Å². The number of halogens is 1. The van der Waals surface area contributed by atoms with E-state index >= 15 is 0 Å². The molecule has 2 heteroatoms. The molecule has 0 aromatic carbocycles. The molecule has 0 heterocycles. The number of hydrogen-bond donors (Lipinski definition) is 0. The normalized spacial score (nSPS) is 18.8. The van der Waals surface area contributed by atoms with Crippen molar-refractivity contribution in [3.63, 3.8) is 0 Å². The summed E-state index contributed by atoms with van der Waals surface area (Å²) in [5, 5.41) is 0. The highest BCUT2D eigenvalue weighted by Crippen LogP contribution is 2.27. The summed E-state index contributed by atoms with van der Waals surface area (Å²) in [6.45, 7) is 0. The number of alkyl halides is 1. The SMILES string of the molecule is ClCCCCSCC1CCCC1. The molecule has 0 amide bonds. The van der Waals surface area contributed by atoms with Gasteiger partial charge in [-0.15, -0.1) is 11.6 Å². The van der Waals surface area contributed by atoms with Gasteiger partial charge in [0.15, 0.2) is 0 Å². The Morgan fingerprint density at radius 3 is 2.58 bits per heavy atom. The maximum Gasteiger partial charge on any atom is 0.0223 e. The Labute approximate surface area is 85.4 Å². The van der Waals surface area contributed by atoms with Crippen molar-refractivity contribution in [3.8, 4) is 0 Å². The van der Waals surface area contributed by atoms with Crippen LogP contribution >= 0.6 is 23.4 Å². The van der Waals surface area contributed by atoms with Crippen molar-refractivity contribution in [1.82, 2.24) is 0 Å². The highest BCUT2D eigenvalue weighted by atomic mass is 35.5. The molecule has 1 aliphatic carbocycles. The van der Waals surface area contributed by atoms with E-state index in [4.69, 9.17) is 11.6 Å². The van der Waals surface area contributed by atoms with Crippen LogP contribution in [-0.2, 0) is 0 Å². The van der Waals surface area contributed by atoms with Crippen LogP contribution < -0.4 is 0 Å². The molecule has 0 bridgehead atoms. The first-order chi connectivity index (χ1) is 5.93. The maximum absolute atomic E-state index is 5.60. The van der Waals surface area contributed by atoms with E-state index < -0.39 is 0 Å². The highest BCUT2D eigenvalue weighted by Gasteiger charge is 2.13. The molecule has 0 aliphatic heterocycles. The topological polar surface area (TPSA) is 0 Å². The first-order valence-electron chi connectivity index (χ1n) is 5.07. The zero-order chi connectivity index (χ0) is 8.65. The smallest absolute Gasteiger partial charge is 0.0223 e. The highest BCUT2D eigenvalue weighted by molar-refractivity contribution is 7.99. The molecule has 1 rings (SSSR count). The summed E-state index contributed by atoms with van der Waals surface area (Å²) in [4.78, 5) is 0. The molecule has 0 saturated heterocycles. The quantitative estimate of drug-likeness (QED) is 0.469. The molecule has 0 nitrogen and oxygen atoms in total. The second kappa shape index (κ2) is 7.08. The predicted molar refractivity (Wildman–Crippen MR) is 59.2 cm³/mol. The van der Waals surface area contributed by atoms with E-state index in [9.17, 15) is 0 Å². The molecule has 0 radical (unpaired) electrons. The summed E-state index contributed by atoms with van der Waals surface area (Å²) < 4.78 is 0. The lowest BCUT2D eigenvalue weighted by atomic mass is 10.1. The van der Waals surface area contributed by atoms with Gasteiger partial charge in [0.1, 0.15) is 0 Å². The van der Waals surface area contributed by atoms with Gasteiger partial charge in [0.25, 0.3) is 0 Å². The minimum atomic E-state index is 0.837. The number of hydrogen-bond acceptors (Lipinski definition) is 1.